The van der Waals surface area contributed by atoms with E-state index in [4.69, 9.17) is 16.6 Å². The van der Waals surface area contributed by atoms with Crippen molar-refractivity contribution in [3.05, 3.63) is 18.1 Å². The SMILES string of the molecule is Nc1nc(N)c2ncn(C=C=CCO)c2n1. The summed E-state index contributed by atoms with van der Waals surface area (Å²) in [6.07, 6.45) is 4.55. The minimum atomic E-state index is -0.0810. The number of aliphatic hydroxyl groups is 1. The van der Waals surface area contributed by atoms with Crippen LogP contribution in [0.4, 0.5) is 11.8 Å². The van der Waals surface area contributed by atoms with Crippen LogP contribution in [0, 0.1) is 0 Å². The first-order valence-electron chi connectivity index (χ1n) is 4.50. The van der Waals surface area contributed by atoms with Crippen LogP contribution in [0.15, 0.2) is 18.1 Å². The lowest BCUT2D eigenvalue weighted by Gasteiger charge is -1.97. The molecule has 2 aromatic heterocycles. The molecular weight excluding hydrogens is 208 g/mol. The van der Waals surface area contributed by atoms with E-state index in [2.05, 4.69) is 20.7 Å². The second-order valence-electron chi connectivity index (χ2n) is 2.97. The van der Waals surface area contributed by atoms with Crippen LogP contribution < -0.4 is 11.5 Å². The van der Waals surface area contributed by atoms with E-state index in [0.717, 1.165) is 0 Å². The molecular formula is C9H10N6O. The highest BCUT2D eigenvalue weighted by Gasteiger charge is 2.07. The van der Waals surface area contributed by atoms with Crippen LogP contribution in [-0.2, 0) is 0 Å². The van der Waals surface area contributed by atoms with Crippen LogP contribution in [0.3, 0.4) is 0 Å². The molecule has 0 spiro atoms. The lowest BCUT2D eigenvalue weighted by Crippen LogP contribution is -2.01. The number of aliphatic hydroxyl groups excluding tert-OH is 1. The highest BCUT2D eigenvalue weighted by molar-refractivity contribution is 5.83. The average molecular weight is 218 g/mol. The van der Waals surface area contributed by atoms with Crippen LogP contribution in [0.5, 0.6) is 0 Å². The molecule has 0 aliphatic heterocycles. The summed E-state index contributed by atoms with van der Waals surface area (Å²) in [7, 11) is 0. The maximum atomic E-state index is 8.57. The number of imidazole rings is 1. The van der Waals surface area contributed by atoms with Gasteiger partial charge in [-0.2, -0.15) is 9.97 Å². The molecule has 82 valence electrons. The smallest absolute Gasteiger partial charge is 0.224 e. The van der Waals surface area contributed by atoms with Gasteiger partial charge in [-0.25, -0.2) is 4.98 Å². The number of anilines is 2. The van der Waals surface area contributed by atoms with E-state index in [0.29, 0.717) is 11.2 Å². The summed E-state index contributed by atoms with van der Waals surface area (Å²) in [6.45, 7) is -0.0810. The van der Waals surface area contributed by atoms with Gasteiger partial charge in [0.2, 0.25) is 5.95 Å². The van der Waals surface area contributed by atoms with E-state index in [-0.39, 0.29) is 18.4 Å². The van der Waals surface area contributed by atoms with Crippen molar-refractivity contribution in [2.45, 2.75) is 0 Å². The molecule has 7 heteroatoms. The molecule has 0 aliphatic carbocycles. The molecule has 0 aromatic carbocycles. The molecule has 2 heterocycles. The number of rotatable bonds is 2. The van der Waals surface area contributed by atoms with Crippen molar-refractivity contribution in [3.63, 3.8) is 0 Å². The van der Waals surface area contributed by atoms with Crippen molar-refractivity contribution in [1.82, 2.24) is 19.5 Å². The van der Waals surface area contributed by atoms with Crippen molar-refractivity contribution in [1.29, 1.82) is 0 Å². The van der Waals surface area contributed by atoms with Gasteiger partial charge in [-0.3, -0.25) is 4.57 Å². The molecule has 0 fully saturated rings. The maximum Gasteiger partial charge on any atom is 0.224 e. The van der Waals surface area contributed by atoms with Crippen molar-refractivity contribution >= 4 is 29.1 Å². The fraction of sp³-hybridized carbons (Fsp3) is 0.111. The van der Waals surface area contributed by atoms with Crippen LogP contribution in [0.2, 0.25) is 0 Å². The molecule has 0 aliphatic rings. The molecule has 5 N–H and O–H groups in total. The zero-order valence-electron chi connectivity index (χ0n) is 8.33. The van der Waals surface area contributed by atoms with Crippen molar-refractivity contribution in [2.75, 3.05) is 18.1 Å². The van der Waals surface area contributed by atoms with Gasteiger partial charge in [0.1, 0.15) is 6.33 Å². The Bertz CT molecular complexity index is 581. The Hall–Kier alpha value is -2.37. The lowest BCUT2D eigenvalue weighted by molar-refractivity contribution is 0.343. The molecule has 0 saturated carbocycles. The van der Waals surface area contributed by atoms with Gasteiger partial charge in [-0.1, -0.05) is 0 Å². The van der Waals surface area contributed by atoms with Gasteiger partial charge in [0.25, 0.3) is 0 Å². The number of aromatic nitrogens is 4. The quantitative estimate of drug-likeness (QED) is 0.591. The van der Waals surface area contributed by atoms with E-state index in [1.807, 2.05) is 0 Å². The average Bonchev–Trinajstić information content (AvgIpc) is 2.62. The van der Waals surface area contributed by atoms with Crippen LogP contribution >= 0.6 is 0 Å². The fourth-order valence-electron chi connectivity index (χ4n) is 1.24. The van der Waals surface area contributed by atoms with Crippen LogP contribution in [0.25, 0.3) is 17.4 Å². The first-order chi connectivity index (χ1) is 7.72. The standard InChI is InChI=1S/C9H10N6O/c10-7-6-8(14-9(11)13-7)15(5-12-6)3-1-2-4-16/h2-3,5,16H,4H2,(H4,10,11,13,14). The largest absolute Gasteiger partial charge is 0.392 e. The number of fused-ring (bicyclic) bond motifs is 1. The first kappa shape index (κ1) is 10.2. The second kappa shape index (κ2) is 4.01. The van der Waals surface area contributed by atoms with Crippen molar-refractivity contribution in [2.24, 2.45) is 0 Å². The summed E-state index contributed by atoms with van der Waals surface area (Å²) in [5.74, 6) is 0.326. The van der Waals surface area contributed by atoms with E-state index in [1.165, 1.54) is 12.4 Å². The molecule has 0 radical (unpaired) electrons. The Balaban J connectivity index is 2.60. The normalized spacial score (nSPS) is 10.1. The summed E-state index contributed by atoms with van der Waals surface area (Å²) in [5.41, 5.74) is 14.9. The third kappa shape index (κ3) is 1.72. The lowest BCUT2D eigenvalue weighted by atomic mass is 10.5. The zero-order valence-corrected chi connectivity index (χ0v) is 8.33. The van der Waals surface area contributed by atoms with Gasteiger partial charge < -0.3 is 16.6 Å². The van der Waals surface area contributed by atoms with Crippen molar-refractivity contribution in [3.8, 4) is 0 Å². The Morgan fingerprint density at radius 1 is 1.44 bits per heavy atom. The third-order valence-corrected chi connectivity index (χ3v) is 1.89. The minimum absolute atomic E-state index is 0.0810. The molecule has 0 atom stereocenters. The van der Waals surface area contributed by atoms with Crippen LogP contribution in [-0.4, -0.2) is 31.2 Å². The highest BCUT2D eigenvalue weighted by Crippen LogP contribution is 2.16. The minimum Gasteiger partial charge on any atom is -0.392 e. The number of nitrogens with two attached hydrogens (primary N) is 2. The van der Waals surface area contributed by atoms with Gasteiger partial charge in [-0.15, -0.1) is 5.73 Å². The molecule has 0 bridgehead atoms. The van der Waals surface area contributed by atoms with Gasteiger partial charge in [0.05, 0.1) is 12.8 Å². The number of nitrogen functional groups attached to an aromatic ring is 2. The summed E-state index contributed by atoms with van der Waals surface area (Å²) in [5, 5.41) is 8.57. The molecule has 0 amide bonds. The van der Waals surface area contributed by atoms with E-state index < -0.39 is 0 Å². The predicted octanol–water partition coefficient (Wildman–Crippen LogP) is -0.391. The van der Waals surface area contributed by atoms with E-state index in [1.54, 1.807) is 10.8 Å². The monoisotopic (exact) mass is 218 g/mol. The molecule has 2 aromatic rings. The van der Waals surface area contributed by atoms with Gasteiger partial charge in [0.15, 0.2) is 17.0 Å². The highest BCUT2D eigenvalue weighted by atomic mass is 16.2. The van der Waals surface area contributed by atoms with Gasteiger partial charge >= 0.3 is 0 Å². The van der Waals surface area contributed by atoms with E-state index in [9.17, 15) is 0 Å². The molecule has 2 rings (SSSR count). The number of hydrogen-bond acceptors (Lipinski definition) is 6. The van der Waals surface area contributed by atoms with Gasteiger partial charge in [-0.05, 0) is 6.08 Å². The zero-order chi connectivity index (χ0) is 11.5. The summed E-state index contributed by atoms with van der Waals surface area (Å²) in [6, 6.07) is 0. The van der Waals surface area contributed by atoms with E-state index >= 15 is 0 Å². The summed E-state index contributed by atoms with van der Waals surface area (Å²) in [4.78, 5) is 11.9. The van der Waals surface area contributed by atoms with Crippen LogP contribution in [0.1, 0.15) is 0 Å². The fourth-order valence-corrected chi connectivity index (χ4v) is 1.24. The Kier molecular flexibility index (Phi) is 2.55. The van der Waals surface area contributed by atoms with Gasteiger partial charge in [0, 0.05) is 0 Å². The Morgan fingerprint density at radius 2 is 2.25 bits per heavy atom. The summed E-state index contributed by atoms with van der Waals surface area (Å²) < 4.78 is 1.59. The number of hydrogen-bond donors (Lipinski definition) is 3. The maximum absolute atomic E-state index is 8.57. The molecule has 7 nitrogen and oxygen atoms in total. The second-order valence-corrected chi connectivity index (χ2v) is 2.97. The Labute approximate surface area is 90.7 Å². The Morgan fingerprint density at radius 3 is 3.00 bits per heavy atom. The molecule has 0 saturated heterocycles. The topological polar surface area (TPSA) is 116 Å². The first-order valence-corrected chi connectivity index (χ1v) is 4.50. The molecule has 0 unspecified atom stereocenters. The number of nitrogens with zero attached hydrogens (tertiary/aromatic N) is 4. The third-order valence-electron chi connectivity index (χ3n) is 1.89. The summed E-state index contributed by atoms with van der Waals surface area (Å²) >= 11 is 0. The predicted molar refractivity (Wildman–Crippen MR) is 60.1 cm³/mol. The molecule has 16 heavy (non-hydrogen) atoms. The van der Waals surface area contributed by atoms with Crippen molar-refractivity contribution < 1.29 is 5.11 Å².